The van der Waals surface area contributed by atoms with Crippen LogP contribution in [0.15, 0.2) is 61.9 Å². The molecule has 0 spiro atoms. The molecule has 19 nitrogen and oxygen atoms in total. The Labute approximate surface area is 339 Å². The van der Waals surface area contributed by atoms with Crippen molar-refractivity contribution in [3.63, 3.8) is 0 Å². The Morgan fingerprint density at radius 2 is 1.24 bits per heavy atom. The molecular formula is C40H53N9O10. The average Bonchev–Trinajstić information content (AvgIpc) is 3.84. The number of hydrogen-bond acceptors (Lipinski definition) is 10. The summed E-state index contributed by atoms with van der Waals surface area (Å²) in [5, 5.41) is 2.81. The Balaban J connectivity index is 1.37. The summed E-state index contributed by atoms with van der Waals surface area (Å²) in [7, 11) is 0. The van der Waals surface area contributed by atoms with Crippen molar-refractivity contribution in [2.24, 2.45) is 0 Å². The summed E-state index contributed by atoms with van der Waals surface area (Å²) in [6.45, 7) is 7.20. The molecule has 2 atom stereocenters. The summed E-state index contributed by atoms with van der Waals surface area (Å²) >= 11 is 0. The van der Waals surface area contributed by atoms with Crippen LogP contribution in [0, 0.1) is 13.8 Å². The highest BCUT2D eigenvalue weighted by molar-refractivity contribution is 5.86. The van der Waals surface area contributed by atoms with Gasteiger partial charge in [0, 0.05) is 62.3 Å². The highest BCUT2D eigenvalue weighted by Crippen LogP contribution is 2.23. The molecule has 0 radical (unpaired) electrons. The van der Waals surface area contributed by atoms with Crippen molar-refractivity contribution in [1.82, 2.24) is 44.0 Å². The van der Waals surface area contributed by atoms with Crippen LogP contribution in [0.3, 0.4) is 0 Å². The first-order valence-corrected chi connectivity index (χ1v) is 19.6. The molecule has 2 aliphatic heterocycles. The van der Waals surface area contributed by atoms with Gasteiger partial charge < -0.3 is 29.7 Å². The van der Waals surface area contributed by atoms with E-state index in [1.54, 1.807) is 25.7 Å². The molecule has 2 aromatic heterocycles. The van der Waals surface area contributed by atoms with Crippen LogP contribution in [0.1, 0.15) is 63.1 Å². The molecule has 0 saturated carbocycles. The van der Waals surface area contributed by atoms with Crippen molar-refractivity contribution in [2.45, 2.75) is 97.6 Å². The van der Waals surface area contributed by atoms with Crippen molar-refractivity contribution < 1.29 is 28.7 Å². The molecule has 3 N–H and O–H groups in total. The van der Waals surface area contributed by atoms with Crippen LogP contribution in [0.4, 0.5) is 4.79 Å². The molecule has 2 saturated heterocycles. The lowest BCUT2D eigenvalue weighted by molar-refractivity contribution is -0.143. The number of amides is 5. The third-order valence-corrected chi connectivity index (χ3v) is 10.3. The maximum Gasteiger partial charge on any atom is 0.410 e. The predicted molar refractivity (Wildman–Crippen MR) is 214 cm³/mol. The van der Waals surface area contributed by atoms with Gasteiger partial charge in [-0.1, -0.05) is 30.3 Å². The van der Waals surface area contributed by atoms with Crippen LogP contribution < -0.4 is 27.8 Å². The second kappa shape index (κ2) is 19.0. The summed E-state index contributed by atoms with van der Waals surface area (Å²) in [6, 6.07) is 8.12. The van der Waals surface area contributed by atoms with E-state index in [2.05, 4.69) is 15.3 Å². The number of aromatic amines is 2. The van der Waals surface area contributed by atoms with Crippen LogP contribution in [0.2, 0.25) is 0 Å². The van der Waals surface area contributed by atoms with Gasteiger partial charge in [-0.15, -0.1) is 0 Å². The minimum Gasteiger partial charge on any atom is -0.444 e. The van der Waals surface area contributed by atoms with Crippen molar-refractivity contribution in [3.05, 3.63) is 101 Å². The number of ether oxygens (including phenoxy) is 1. The van der Waals surface area contributed by atoms with Gasteiger partial charge in [0.15, 0.2) is 0 Å². The summed E-state index contributed by atoms with van der Waals surface area (Å²) in [6.07, 6.45) is 4.17. The molecule has 4 heterocycles. The minimum absolute atomic E-state index is 0.0427. The van der Waals surface area contributed by atoms with Crippen LogP contribution in [0.5, 0.6) is 0 Å². The molecule has 5 rings (SSSR count). The van der Waals surface area contributed by atoms with E-state index in [0.29, 0.717) is 38.8 Å². The van der Waals surface area contributed by atoms with Crippen molar-refractivity contribution in [2.75, 3.05) is 39.3 Å². The zero-order valence-corrected chi connectivity index (χ0v) is 34.2. The number of H-pyrrole nitrogens is 2. The van der Waals surface area contributed by atoms with Gasteiger partial charge in [0.05, 0.1) is 19.1 Å². The number of likely N-dealkylation sites (tertiary alicyclic amines) is 2. The summed E-state index contributed by atoms with van der Waals surface area (Å²) < 4.78 is 7.72. The van der Waals surface area contributed by atoms with E-state index >= 15 is 0 Å². The summed E-state index contributed by atoms with van der Waals surface area (Å²) in [5.74, 6) is -2.14. The van der Waals surface area contributed by atoms with Crippen molar-refractivity contribution in [3.8, 4) is 0 Å². The van der Waals surface area contributed by atoms with E-state index in [1.165, 1.54) is 40.9 Å². The smallest absolute Gasteiger partial charge is 0.410 e. The fourth-order valence-corrected chi connectivity index (χ4v) is 7.20. The van der Waals surface area contributed by atoms with Crippen molar-refractivity contribution >= 4 is 29.7 Å². The number of nitrogens with zero attached hydrogens (tertiary/aromatic N) is 6. The first-order chi connectivity index (χ1) is 27.9. The topological polar surface area (TPSA) is 229 Å². The van der Waals surface area contributed by atoms with E-state index in [1.807, 2.05) is 30.3 Å². The zero-order valence-electron chi connectivity index (χ0n) is 34.2. The molecule has 5 amide bonds. The predicted octanol–water partition coefficient (Wildman–Crippen LogP) is 0.0677. The largest absolute Gasteiger partial charge is 0.444 e. The van der Waals surface area contributed by atoms with Gasteiger partial charge in [0.1, 0.15) is 18.7 Å². The lowest BCUT2D eigenvalue weighted by Crippen LogP contribution is -2.53. The molecule has 2 aliphatic rings. The van der Waals surface area contributed by atoms with E-state index in [4.69, 9.17) is 4.74 Å². The number of rotatable bonds is 14. The molecule has 0 bridgehead atoms. The molecule has 1 aromatic carbocycles. The third kappa shape index (κ3) is 11.9. The van der Waals surface area contributed by atoms with Gasteiger partial charge >= 0.3 is 17.5 Å². The molecule has 2 fully saturated rings. The Hall–Kier alpha value is -6.27. The van der Waals surface area contributed by atoms with Crippen LogP contribution in [-0.4, -0.2) is 125 Å². The minimum atomic E-state index is -0.798. The molecule has 59 heavy (non-hydrogen) atoms. The van der Waals surface area contributed by atoms with E-state index in [9.17, 15) is 43.2 Å². The lowest BCUT2D eigenvalue weighted by Gasteiger charge is -2.34. The lowest BCUT2D eigenvalue weighted by atomic mass is 10.1. The SMILES string of the molecule is Cc1cn(CC(=O)N(CC(=O)NCc2ccccc2)C[C@@H]2CCCN2C(=O)CN(C[C@@H]2CCCN2C(=O)OC(C)(C)C)C(=O)Cn2cc(C)c(=O)[nH]c2=O)c(=O)[nH]c1=O. The number of aromatic nitrogens is 4. The number of carbonyl (C=O) groups excluding carboxylic acids is 5. The Bertz CT molecular complexity index is 2270. The Kier molecular flexibility index (Phi) is 14.1. The summed E-state index contributed by atoms with van der Waals surface area (Å²) in [4.78, 5) is 128. The maximum atomic E-state index is 14.3. The van der Waals surface area contributed by atoms with Gasteiger partial charge in [-0.3, -0.25) is 47.9 Å². The quantitative estimate of drug-likeness (QED) is 0.198. The van der Waals surface area contributed by atoms with E-state index in [0.717, 1.165) is 14.7 Å². The average molecular weight is 820 g/mol. The number of carbonyl (C=O) groups is 5. The fraction of sp³-hybridized carbons (Fsp3) is 0.525. The summed E-state index contributed by atoms with van der Waals surface area (Å²) in [5.41, 5.74) is -2.28. The van der Waals surface area contributed by atoms with Crippen LogP contribution >= 0.6 is 0 Å². The first-order valence-electron chi connectivity index (χ1n) is 19.6. The Morgan fingerprint density at radius 3 is 1.76 bits per heavy atom. The molecule has 0 aliphatic carbocycles. The van der Waals surface area contributed by atoms with Crippen molar-refractivity contribution in [1.29, 1.82) is 0 Å². The van der Waals surface area contributed by atoms with Gasteiger partial charge in [-0.2, -0.15) is 0 Å². The standard InChI is InChI=1S/C40H53N9O10/c1-26-18-46(37(56)42-35(26)54)23-32(51)44(22-31(50)41-17-28-11-7-6-8-12-28)20-29-13-9-15-48(29)34(53)25-45(33(52)24-47-19-27(2)36(55)43-38(47)57)21-30-14-10-16-49(30)39(58)59-40(3,4)5/h6-8,11-12,18-19,29-30H,9-10,13-17,20-25H2,1-5H3,(H,41,50)(H,42,54,56)(H,43,55,57)/t29-,30-/m0/s1. The van der Waals surface area contributed by atoms with Gasteiger partial charge in [-0.05, 0) is 65.9 Å². The number of nitrogens with one attached hydrogen (secondary N) is 3. The molecular weight excluding hydrogens is 766 g/mol. The molecule has 318 valence electrons. The van der Waals surface area contributed by atoms with Crippen LogP contribution in [0.25, 0.3) is 0 Å². The highest BCUT2D eigenvalue weighted by Gasteiger charge is 2.37. The monoisotopic (exact) mass is 819 g/mol. The molecule has 3 aromatic rings. The second-order valence-corrected chi connectivity index (χ2v) is 16.1. The van der Waals surface area contributed by atoms with E-state index < -0.39 is 89.5 Å². The van der Waals surface area contributed by atoms with Crippen LogP contribution in [-0.2, 0) is 43.5 Å². The third-order valence-electron chi connectivity index (χ3n) is 10.3. The number of benzene rings is 1. The first kappa shape index (κ1) is 43.8. The Morgan fingerprint density at radius 1 is 0.746 bits per heavy atom. The number of aryl methyl sites for hydroxylation is 2. The normalized spacial score (nSPS) is 16.5. The van der Waals surface area contributed by atoms with E-state index in [-0.39, 0.29) is 37.3 Å². The van der Waals surface area contributed by atoms with Gasteiger partial charge in [0.2, 0.25) is 23.6 Å². The van der Waals surface area contributed by atoms with Gasteiger partial charge in [-0.25, -0.2) is 14.4 Å². The number of hydrogen-bond donors (Lipinski definition) is 3. The van der Waals surface area contributed by atoms with Gasteiger partial charge in [0.25, 0.3) is 11.1 Å². The molecule has 19 heteroatoms. The fourth-order valence-electron chi connectivity index (χ4n) is 7.20. The maximum absolute atomic E-state index is 14.3. The second-order valence-electron chi connectivity index (χ2n) is 16.1. The zero-order chi connectivity index (χ0) is 43.0. The molecule has 0 unspecified atom stereocenters. The highest BCUT2D eigenvalue weighted by atomic mass is 16.6.